The molecule has 0 atom stereocenters. The van der Waals surface area contributed by atoms with Crippen molar-refractivity contribution in [3.8, 4) is 5.75 Å². The molecule has 0 aromatic heterocycles. The van der Waals surface area contributed by atoms with Crippen molar-refractivity contribution < 1.29 is 13.2 Å². The Morgan fingerprint density at radius 1 is 1.43 bits per heavy atom. The minimum atomic E-state index is -3.49. The van der Waals surface area contributed by atoms with Crippen LogP contribution in [0.15, 0.2) is 23.1 Å². The van der Waals surface area contributed by atoms with Gasteiger partial charge < -0.3 is 10.5 Å². The van der Waals surface area contributed by atoms with E-state index in [2.05, 4.69) is 4.72 Å². The average Bonchev–Trinajstić information content (AvgIpc) is 2.17. The molecule has 14 heavy (non-hydrogen) atoms. The lowest BCUT2D eigenvalue weighted by atomic mass is 10.3. The molecule has 0 amide bonds. The molecule has 0 spiro atoms. The first-order valence-electron chi connectivity index (χ1n) is 3.88. The van der Waals surface area contributed by atoms with Crippen molar-refractivity contribution in [2.45, 2.75) is 4.90 Å². The van der Waals surface area contributed by atoms with Gasteiger partial charge in [0, 0.05) is 11.8 Å². The quantitative estimate of drug-likeness (QED) is 0.706. The number of methoxy groups -OCH3 is 1. The van der Waals surface area contributed by atoms with Crippen LogP contribution in [0.25, 0.3) is 0 Å². The predicted octanol–water partition coefficient (Wildman–Crippen LogP) is 0.185. The fourth-order valence-corrected chi connectivity index (χ4v) is 1.89. The van der Waals surface area contributed by atoms with Gasteiger partial charge in [-0.05, 0) is 19.2 Å². The fraction of sp³-hybridized carbons (Fsp3) is 0.250. The number of rotatable bonds is 3. The maximum Gasteiger partial charge on any atom is 0.243 e. The fourth-order valence-electron chi connectivity index (χ4n) is 1.02. The number of nitrogen functional groups attached to an aromatic ring is 1. The molecule has 3 N–H and O–H groups in total. The van der Waals surface area contributed by atoms with E-state index < -0.39 is 10.0 Å². The van der Waals surface area contributed by atoms with Crippen LogP contribution in [0.4, 0.5) is 5.69 Å². The summed E-state index contributed by atoms with van der Waals surface area (Å²) in [6, 6.07) is 4.37. The third-order valence-corrected chi connectivity index (χ3v) is 3.20. The first-order chi connectivity index (χ1) is 6.51. The molecule has 1 aromatic carbocycles. The van der Waals surface area contributed by atoms with Crippen LogP contribution >= 0.6 is 0 Å². The molecular weight excluding hydrogens is 204 g/mol. The molecule has 0 heterocycles. The Kier molecular flexibility index (Phi) is 2.97. The van der Waals surface area contributed by atoms with Crippen LogP contribution in [0.2, 0.25) is 0 Å². The summed E-state index contributed by atoms with van der Waals surface area (Å²) in [7, 11) is -0.758. The highest BCUT2D eigenvalue weighted by Crippen LogP contribution is 2.25. The lowest BCUT2D eigenvalue weighted by molar-refractivity contribution is 0.403. The molecule has 0 aliphatic carbocycles. The van der Waals surface area contributed by atoms with Gasteiger partial charge in [-0.15, -0.1) is 0 Å². The van der Waals surface area contributed by atoms with Crippen LogP contribution in [-0.4, -0.2) is 22.6 Å². The van der Waals surface area contributed by atoms with E-state index >= 15 is 0 Å². The molecule has 5 nitrogen and oxygen atoms in total. The van der Waals surface area contributed by atoms with Gasteiger partial charge in [-0.1, -0.05) is 0 Å². The summed E-state index contributed by atoms with van der Waals surface area (Å²) >= 11 is 0. The molecule has 0 fully saturated rings. The average molecular weight is 216 g/mol. The van der Waals surface area contributed by atoms with Crippen molar-refractivity contribution >= 4 is 15.7 Å². The summed E-state index contributed by atoms with van der Waals surface area (Å²) in [6.45, 7) is 0. The number of hydrogen-bond donors (Lipinski definition) is 2. The van der Waals surface area contributed by atoms with E-state index in [-0.39, 0.29) is 10.6 Å². The van der Waals surface area contributed by atoms with E-state index in [1.54, 1.807) is 0 Å². The van der Waals surface area contributed by atoms with Crippen molar-refractivity contribution in [1.29, 1.82) is 0 Å². The van der Waals surface area contributed by atoms with Crippen molar-refractivity contribution in [2.24, 2.45) is 0 Å². The van der Waals surface area contributed by atoms with Crippen molar-refractivity contribution in [1.82, 2.24) is 4.72 Å². The second-order valence-corrected chi connectivity index (χ2v) is 4.47. The van der Waals surface area contributed by atoms with E-state index in [9.17, 15) is 8.42 Å². The molecule has 0 aliphatic rings. The standard InChI is InChI=1S/C8H12N2O3S/c1-10-14(11,12)8-4-3-6(9)5-7(8)13-2/h3-5,10H,9H2,1-2H3. The molecular formula is C8H12N2O3S. The summed E-state index contributed by atoms with van der Waals surface area (Å²) in [5, 5.41) is 0. The van der Waals surface area contributed by atoms with Gasteiger partial charge in [0.15, 0.2) is 0 Å². The smallest absolute Gasteiger partial charge is 0.243 e. The van der Waals surface area contributed by atoms with Crippen molar-refractivity contribution in [3.63, 3.8) is 0 Å². The molecule has 1 rings (SSSR count). The molecule has 0 bridgehead atoms. The first-order valence-corrected chi connectivity index (χ1v) is 5.36. The summed E-state index contributed by atoms with van der Waals surface area (Å²) in [5.41, 5.74) is 5.95. The Morgan fingerprint density at radius 2 is 2.07 bits per heavy atom. The van der Waals surface area contributed by atoms with E-state index in [1.807, 2.05) is 0 Å². The van der Waals surface area contributed by atoms with E-state index in [4.69, 9.17) is 10.5 Å². The minimum Gasteiger partial charge on any atom is -0.495 e. The predicted molar refractivity (Wildman–Crippen MR) is 53.7 cm³/mol. The largest absolute Gasteiger partial charge is 0.495 e. The van der Waals surface area contributed by atoms with Crippen LogP contribution in [0.3, 0.4) is 0 Å². The van der Waals surface area contributed by atoms with E-state index in [0.29, 0.717) is 5.69 Å². The molecule has 6 heteroatoms. The van der Waals surface area contributed by atoms with Gasteiger partial charge in [0.1, 0.15) is 10.6 Å². The number of nitrogens with two attached hydrogens (primary N) is 1. The zero-order chi connectivity index (χ0) is 10.8. The van der Waals surface area contributed by atoms with Gasteiger partial charge in [-0.2, -0.15) is 0 Å². The molecule has 0 saturated heterocycles. The molecule has 0 aliphatic heterocycles. The van der Waals surface area contributed by atoms with Gasteiger partial charge in [0.25, 0.3) is 0 Å². The third kappa shape index (κ3) is 1.97. The Labute approximate surface area is 82.9 Å². The van der Waals surface area contributed by atoms with Crippen molar-refractivity contribution in [3.05, 3.63) is 18.2 Å². The Hall–Kier alpha value is -1.27. The van der Waals surface area contributed by atoms with Gasteiger partial charge in [0.05, 0.1) is 7.11 Å². The van der Waals surface area contributed by atoms with Crippen LogP contribution in [-0.2, 0) is 10.0 Å². The molecule has 78 valence electrons. The third-order valence-electron chi connectivity index (χ3n) is 1.75. The van der Waals surface area contributed by atoms with Gasteiger partial charge in [-0.3, -0.25) is 0 Å². The minimum absolute atomic E-state index is 0.0803. The van der Waals surface area contributed by atoms with Gasteiger partial charge in [-0.25, -0.2) is 13.1 Å². The van der Waals surface area contributed by atoms with Crippen LogP contribution in [0, 0.1) is 0 Å². The molecule has 0 saturated carbocycles. The SMILES string of the molecule is CNS(=O)(=O)c1ccc(N)cc1OC. The summed E-state index contributed by atoms with van der Waals surface area (Å²) in [5.74, 6) is 0.236. The molecule has 0 unspecified atom stereocenters. The Balaban J connectivity index is 3.35. The zero-order valence-electron chi connectivity index (χ0n) is 7.94. The number of benzene rings is 1. The van der Waals surface area contributed by atoms with Crippen LogP contribution in [0.5, 0.6) is 5.75 Å². The number of anilines is 1. The number of hydrogen-bond acceptors (Lipinski definition) is 4. The van der Waals surface area contributed by atoms with Gasteiger partial charge in [0.2, 0.25) is 10.0 Å². The highest BCUT2D eigenvalue weighted by atomic mass is 32.2. The van der Waals surface area contributed by atoms with E-state index in [1.165, 1.54) is 32.4 Å². The highest BCUT2D eigenvalue weighted by Gasteiger charge is 2.16. The Morgan fingerprint density at radius 3 is 2.57 bits per heavy atom. The normalized spacial score (nSPS) is 11.3. The van der Waals surface area contributed by atoms with Crippen LogP contribution < -0.4 is 15.2 Å². The number of nitrogens with one attached hydrogen (secondary N) is 1. The highest BCUT2D eigenvalue weighted by molar-refractivity contribution is 7.89. The topological polar surface area (TPSA) is 81.4 Å². The zero-order valence-corrected chi connectivity index (χ0v) is 8.76. The number of ether oxygens (including phenoxy) is 1. The molecule has 1 aromatic rings. The second-order valence-electron chi connectivity index (χ2n) is 2.62. The van der Waals surface area contributed by atoms with E-state index in [0.717, 1.165) is 0 Å². The lowest BCUT2D eigenvalue weighted by Gasteiger charge is -2.08. The Bertz CT molecular complexity index is 428. The second kappa shape index (κ2) is 3.85. The summed E-state index contributed by atoms with van der Waals surface area (Å²) < 4.78 is 30.0. The monoisotopic (exact) mass is 216 g/mol. The van der Waals surface area contributed by atoms with Crippen molar-refractivity contribution in [2.75, 3.05) is 19.9 Å². The lowest BCUT2D eigenvalue weighted by Crippen LogP contribution is -2.19. The van der Waals surface area contributed by atoms with Gasteiger partial charge >= 0.3 is 0 Å². The maximum absolute atomic E-state index is 11.5. The molecule has 0 radical (unpaired) electrons. The number of sulfonamides is 1. The first kappa shape index (κ1) is 10.8. The summed E-state index contributed by atoms with van der Waals surface area (Å²) in [6.07, 6.45) is 0. The maximum atomic E-state index is 11.5. The van der Waals surface area contributed by atoms with Crippen LogP contribution in [0.1, 0.15) is 0 Å². The summed E-state index contributed by atoms with van der Waals surface area (Å²) in [4.78, 5) is 0.0803.